The molecular weight excluding hydrogens is 584 g/mol. The summed E-state index contributed by atoms with van der Waals surface area (Å²) in [5.41, 5.74) is 4.73. The fourth-order valence-corrected chi connectivity index (χ4v) is 3.98. The molecule has 0 saturated carbocycles. The number of rotatable bonds is 10. The Hall–Kier alpha value is -4.75. The van der Waals surface area contributed by atoms with Gasteiger partial charge in [0.1, 0.15) is 6.29 Å². The van der Waals surface area contributed by atoms with Gasteiger partial charge in [-0.25, -0.2) is 0 Å². The van der Waals surface area contributed by atoms with E-state index in [2.05, 4.69) is 70.8 Å². The predicted octanol–water partition coefficient (Wildman–Crippen LogP) is 3.86. The number of nitrogens with one attached hydrogen (secondary N) is 2. The standard InChI is InChI=1S/C16H13N.C9H12N2O3.C7H13NO2.C4H10O/c1-17-12-15-8-3-2-6-13(15)10-11-14-7-4-5-9-16(14)17;1-2-10-7(12)5-6-11-8(13)3-4-9(11)14;1-6(2)7(10)8-4-3-5-9;1-3-5-4-2/h2-9H,12H2,1H3;3-4H,2,5-6H2,1H3,(H,10,12);5-6H,3-4H2,1-2H3,(H,8,10);3-4H2,1-2H3. The minimum Gasteiger partial charge on any atom is -0.382 e. The highest BCUT2D eigenvalue weighted by Crippen LogP contribution is 2.23. The summed E-state index contributed by atoms with van der Waals surface area (Å²) in [7, 11) is 2.11. The van der Waals surface area contributed by atoms with E-state index in [0.29, 0.717) is 19.5 Å². The summed E-state index contributed by atoms with van der Waals surface area (Å²) in [6.45, 7) is 13.2. The molecule has 2 N–H and O–H groups in total. The predicted molar refractivity (Wildman–Crippen MR) is 181 cm³/mol. The quantitative estimate of drug-likeness (QED) is 0.176. The molecule has 0 saturated heterocycles. The first-order chi connectivity index (χ1) is 22.1. The van der Waals surface area contributed by atoms with E-state index in [1.807, 2.05) is 46.8 Å². The molecule has 0 aliphatic carbocycles. The minimum atomic E-state index is -0.348. The van der Waals surface area contributed by atoms with Crippen molar-refractivity contribution in [3.05, 3.63) is 77.4 Å². The van der Waals surface area contributed by atoms with E-state index in [0.717, 1.165) is 42.1 Å². The van der Waals surface area contributed by atoms with Crippen LogP contribution in [-0.4, -0.2) is 74.7 Å². The van der Waals surface area contributed by atoms with Crippen molar-refractivity contribution in [3.63, 3.8) is 0 Å². The van der Waals surface area contributed by atoms with Crippen LogP contribution >= 0.6 is 0 Å². The first-order valence-corrected chi connectivity index (χ1v) is 15.6. The van der Waals surface area contributed by atoms with Crippen molar-refractivity contribution in [2.24, 2.45) is 5.92 Å². The van der Waals surface area contributed by atoms with Crippen molar-refractivity contribution in [3.8, 4) is 11.8 Å². The number of benzene rings is 2. The number of aldehydes is 1. The Bertz CT molecular complexity index is 1360. The fourth-order valence-electron chi connectivity index (χ4n) is 3.98. The van der Waals surface area contributed by atoms with Crippen molar-refractivity contribution in [1.29, 1.82) is 0 Å². The van der Waals surface area contributed by atoms with Crippen LogP contribution in [-0.2, 0) is 35.3 Å². The lowest BCUT2D eigenvalue weighted by atomic mass is 10.0. The first-order valence-electron chi connectivity index (χ1n) is 15.6. The van der Waals surface area contributed by atoms with E-state index >= 15 is 0 Å². The van der Waals surface area contributed by atoms with E-state index in [-0.39, 0.29) is 42.5 Å². The molecule has 2 heterocycles. The summed E-state index contributed by atoms with van der Waals surface area (Å²) in [5.74, 6) is 5.68. The molecule has 0 atom stereocenters. The summed E-state index contributed by atoms with van der Waals surface area (Å²) in [4.78, 5) is 57.0. The van der Waals surface area contributed by atoms with Crippen molar-refractivity contribution >= 4 is 35.6 Å². The third-order valence-corrected chi connectivity index (χ3v) is 6.40. The Kier molecular flexibility index (Phi) is 19.4. The number of para-hydroxylation sites is 1. The Labute approximate surface area is 273 Å². The van der Waals surface area contributed by atoms with Crippen molar-refractivity contribution in [2.45, 2.75) is 54.0 Å². The number of hydrogen-bond acceptors (Lipinski definition) is 7. The minimum absolute atomic E-state index is 0.00171. The lowest BCUT2D eigenvalue weighted by Crippen LogP contribution is -2.34. The summed E-state index contributed by atoms with van der Waals surface area (Å²) in [6, 6.07) is 16.6. The smallest absolute Gasteiger partial charge is 0.253 e. The van der Waals surface area contributed by atoms with E-state index in [1.54, 1.807) is 0 Å². The molecule has 46 heavy (non-hydrogen) atoms. The van der Waals surface area contributed by atoms with Gasteiger partial charge in [-0.1, -0.05) is 56.0 Å². The Morgan fingerprint density at radius 1 is 0.913 bits per heavy atom. The van der Waals surface area contributed by atoms with Crippen LogP contribution in [0.4, 0.5) is 5.69 Å². The van der Waals surface area contributed by atoms with Crippen molar-refractivity contribution in [1.82, 2.24) is 15.5 Å². The Morgan fingerprint density at radius 3 is 2.07 bits per heavy atom. The lowest BCUT2D eigenvalue weighted by molar-refractivity contribution is -0.137. The number of nitrogens with zero attached hydrogens (tertiary/aromatic N) is 2. The highest BCUT2D eigenvalue weighted by molar-refractivity contribution is 6.13. The second-order valence-electron chi connectivity index (χ2n) is 10.3. The fraction of sp³-hybridized carbons (Fsp3) is 0.417. The number of carbonyl (C=O) groups is 5. The molecule has 0 bridgehead atoms. The number of ether oxygens (including phenoxy) is 1. The molecule has 10 nitrogen and oxygen atoms in total. The summed E-state index contributed by atoms with van der Waals surface area (Å²) in [5, 5.41) is 5.20. The van der Waals surface area contributed by atoms with Crippen LogP contribution in [0.2, 0.25) is 0 Å². The van der Waals surface area contributed by atoms with Crippen LogP contribution in [0.1, 0.15) is 64.2 Å². The van der Waals surface area contributed by atoms with Crippen molar-refractivity contribution in [2.75, 3.05) is 44.8 Å². The second kappa shape index (κ2) is 22.7. The van der Waals surface area contributed by atoms with Gasteiger partial charge in [-0.05, 0) is 44.5 Å². The zero-order chi connectivity index (χ0) is 34.3. The average Bonchev–Trinajstić information content (AvgIpc) is 3.36. The molecule has 10 heteroatoms. The van der Waals surface area contributed by atoms with Gasteiger partial charge in [0.15, 0.2) is 0 Å². The third kappa shape index (κ3) is 14.8. The number of anilines is 1. The highest BCUT2D eigenvalue weighted by atomic mass is 16.5. The Morgan fingerprint density at radius 2 is 1.50 bits per heavy atom. The first kappa shape index (κ1) is 39.3. The van der Waals surface area contributed by atoms with E-state index in [4.69, 9.17) is 4.74 Å². The van der Waals surface area contributed by atoms with Gasteiger partial charge in [0.05, 0.1) is 5.69 Å². The number of hydrogen-bond donors (Lipinski definition) is 2. The van der Waals surface area contributed by atoms with Gasteiger partial charge < -0.3 is 25.1 Å². The molecule has 0 unspecified atom stereocenters. The topological polar surface area (TPSA) is 125 Å². The van der Waals surface area contributed by atoms with Crippen LogP contribution in [0.25, 0.3) is 0 Å². The molecule has 2 aromatic carbocycles. The molecule has 2 aliphatic heterocycles. The Balaban J connectivity index is 0.000000331. The monoisotopic (exact) mass is 632 g/mol. The summed E-state index contributed by atoms with van der Waals surface area (Å²) < 4.78 is 4.83. The third-order valence-electron chi connectivity index (χ3n) is 6.40. The maximum atomic E-state index is 11.0. The molecule has 248 valence electrons. The van der Waals surface area contributed by atoms with Gasteiger partial charge in [0.2, 0.25) is 11.8 Å². The van der Waals surface area contributed by atoms with Gasteiger partial charge in [-0.15, -0.1) is 0 Å². The van der Waals surface area contributed by atoms with Gasteiger partial charge in [-0.2, -0.15) is 0 Å². The maximum Gasteiger partial charge on any atom is 0.253 e. The second-order valence-corrected chi connectivity index (χ2v) is 10.3. The zero-order valence-electron chi connectivity index (χ0n) is 27.9. The number of imide groups is 1. The highest BCUT2D eigenvalue weighted by Gasteiger charge is 2.23. The van der Waals surface area contributed by atoms with Gasteiger partial charge >= 0.3 is 0 Å². The normalized spacial score (nSPS) is 12.2. The van der Waals surface area contributed by atoms with Crippen LogP contribution < -0.4 is 15.5 Å². The molecule has 0 aromatic heterocycles. The molecule has 0 fully saturated rings. The molecule has 4 amide bonds. The summed E-state index contributed by atoms with van der Waals surface area (Å²) in [6.07, 6.45) is 3.77. The molecule has 2 aliphatic rings. The largest absolute Gasteiger partial charge is 0.382 e. The summed E-state index contributed by atoms with van der Waals surface area (Å²) >= 11 is 0. The van der Waals surface area contributed by atoms with Gasteiger partial charge in [-0.3, -0.25) is 24.1 Å². The van der Waals surface area contributed by atoms with Crippen LogP contribution in [0.15, 0.2) is 60.7 Å². The van der Waals surface area contributed by atoms with Gasteiger partial charge in [0, 0.05) is 88.5 Å². The van der Waals surface area contributed by atoms with E-state index in [1.165, 1.54) is 23.4 Å². The van der Waals surface area contributed by atoms with Crippen LogP contribution in [0.3, 0.4) is 0 Å². The van der Waals surface area contributed by atoms with Crippen LogP contribution in [0.5, 0.6) is 0 Å². The lowest BCUT2D eigenvalue weighted by Gasteiger charge is -2.22. The van der Waals surface area contributed by atoms with E-state index in [9.17, 15) is 24.0 Å². The number of fused-ring (bicyclic) bond motifs is 2. The van der Waals surface area contributed by atoms with Crippen LogP contribution in [0, 0.1) is 17.8 Å². The van der Waals surface area contributed by atoms with E-state index < -0.39 is 0 Å². The molecule has 0 spiro atoms. The SMILES string of the molecule is CC(C)C(=O)NCCC=O.CCNC(=O)CCN1C(=O)C=CC1=O.CCOCC.CN1Cc2ccccc2C#Cc2ccccc21. The van der Waals surface area contributed by atoms with Gasteiger partial charge in [0.25, 0.3) is 11.8 Å². The van der Waals surface area contributed by atoms with Crippen molar-refractivity contribution < 1.29 is 28.7 Å². The maximum absolute atomic E-state index is 11.0. The molecule has 4 rings (SSSR count). The molecular formula is C36H48N4O6. The zero-order valence-corrected chi connectivity index (χ0v) is 27.9. The number of carbonyl (C=O) groups excluding carboxylic acids is 5. The number of amides is 4. The average molecular weight is 633 g/mol. The molecule has 0 radical (unpaired) electrons. The molecule has 2 aromatic rings.